The van der Waals surface area contributed by atoms with Crippen molar-refractivity contribution in [2.45, 2.75) is 11.4 Å². The lowest BCUT2D eigenvalue weighted by molar-refractivity contribution is -0.137. The van der Waals surface area contributed by atoms with Gasteiger partial charge in [0.1, 0.15) is 16.8 Å². The molecule has 0 saturated carbocycles. The summed E-state index contributed by atoms with van der Waals surface area (Å²) in [5.74, 6) is 0.702. The van der Waals surface area contributed by atoms with Crippen LogP contribution in [0.5, 0.6) is 0 Å². The zero-order valence-corrected chi connectivity index (χ0v) is 17.5. The fourth-order valence-corrected chi connectivity index (χ4v) is 4.13. The van der Waals surface area contributed by atoms with Crippen molar-refractivity contribution in [1.29, 1.82) is 0 Å². The Morgan fingerprint density at radius 2 is 1.84 bits per heavy atom. The third-order valence-corrected chi connectivity index (χ3v) is 5.87. The third-order valence-electron chi connectivity index (χ3n) is 4.95. The monoisotopic (exact) mass is 464 g/mol. The van der Waals surface area contributed by atoms with E-state index < -0.39 is 28.1 Å². The lowest BCUT2D eigenvalue weighted by Gasteiger charge is -2.28. The van der Waals surface area contributed by atoms with Crippen molar-refractivity contribution < 1.29 is 26.7 Å². The van der Waals surface area contributed by atoms with Crippen molar-refractivity contribution in [3.63, 3.8) is 0 Å². The molecule has 7 nitrogen and oxygen atoms in total. The summed E-state index contributed by atoms with van der Waals surface area (Å²) in [7, 11) is 0. The molecule has 1 N–H and O–H groups in total. The van der Waals surface area contributed by atoms with Gasteiger partial charge < -0.3 is 14.2 Å². The van der Waals surface area contributed by atoms with Gasteiger partial charge in [-0.1, -0.05) is 24.3 Å². The van der Waals surface area contributed by atoms with Gasteiger partial charge in [0, 0.05) is 25.4 Å². The van der Waals surface area contributed by atoms with Gasteiger partial charge in [-0.25, -0.2) is 14.2 Å². The molecule has 32 heavy (non-hydrogen) atoms. The summed E-state index contributed by atoms with van der Waals surface area (Å²) in [6, 6.07) is 11.1. The predicted molar refractivity (Wildman–Crippen MR) is 112 cm³/mol. The standard InChI is InChI=1S/C21H19F3N4O3S/c22-21(23,24)15-5-3-4-14(12-15)19(32(29)30)17-13-18(28-8-10-31-11-9-28)27-20(26-17)16-6-1-2-7-25-16/h1-7,12-13,19H,8-11H2,(H,29,30). The molecule has 0 bridgehead atoms. The summed E-state index contributed by atoms with van der Waals surface area (Å²) in [6.07, 6.45) is -3.02. The molecular formula is C21H19F3N4O3S. The van der Waals surface area contributed by atoms with E-state index in [2.05, 4.69) is 15.0 Å². The van der Waals surface area contributed by atoms with Crippen molar-refractivity contribution in [3.8, 4) is 11.5 Å². The second kappa shape index (κ2) is 9.31. The molecule has 0 radical (unpaired) electrons. The van der Waals surface area contributed by atoms with Crippen molar-refractivity contribution in [2.24, 2.45) is 0 Å². The number of alkyl halides is 3. The van der Waals surface area contributed by atoms with Gasteiger partial charge in [-0.15, -0.1) is 0 Å². The van der Waals surface area contributed by atoms with Crippen molar-refractivity contribution >= 4 is 16.9 Å². The number of morpholine rings is 1. The molecule has 3 heterocycles. The highest BCUT2D eigenvalue weighted by Gasteiger charge is 2.33. The molecule has 1 fully saturated rings. The Kier molecular flexibility index (Phi) is 6.49. The molecule has 2 atom stereocenters. The minimum atomic E-state index is -4.58. The average molecular weight is 464 g/mol. The van der Waals surface area contributed by atoms with Gasteiger partial charge >= 0.3 is 6.18 Å². The average Bonchev–Trinajstić information content (AvgIpc) is 2.80. The Morgan fingerprint density at radius 3 is 2.50 bits per heavy atom. The second-order valence-corrected chi connectivity index (χ2v) is 8.09. The van der Waals surface area contributed by atoms with Crippen LogP contribution in [0.25, 0.3) is 11.5 Å². The molecule has 1 aromatic carbocycles. The Labute approximate surface area is 184 Å². The van der Waals surface area contributed by atoms with E-state index in [0.717, 1.165) is 12.1 Å². The van der Waals surface area contributed by atoms with Crippen molar-refractivity contribution in [2.75, 3.05) is 31.2 Å². The predicted octanol–water partition coefficient (Wildman–Crippen LogP) is 3.71. The molecule has 1 aliphatic heterocycles. The number of pyridine rings is 1. The summed E-state index contributed by atoms with van der Waals surface area (Å²) >= 11 is -2.54. The van der Waals surface area contributed by atoms with E-state index in [1.807, 2.05) is 4.90 Å². The second-order valence-electron chi connectivity index (χ2n) is 7.07. The van der Waals surface area contributed by atoms with Gasteiger partial charge in [0.25, 0.3) is 0 Å². The number of hydrogen-bond donors (Lipinski definition) is 1. The third kappa shape index (κ3) is 4.95. The van der Waals surface area contributed by atoms with E-state index in [-0.39, 0.29) is 17.1 Å². The lowest BCUT2D eigenvalue weighted by atomic mass is 10.0. The fourth-order valence-electron chi connectivity index (χ4n) is 3.42. The number of hydrogen-bond acceptors (Lipinski definition) is 6. The first-order chi connectivity index (χ1) is 15.3. The van der Waals surface area contributed by atoms with Gasteiger partial charge in [-0.2, -0.15) is 13.2 Å². The molecule has 1 saturated heterocycles. The molecule has 2 unspecified atom stereocenters. The molecule has 0 amide bonds. The molecule has 4 rings (SSSR count). The SMILES string of the molecule is O=S(O)C(c1cccc(C(F)(F)F)c1)c1cc(N2CCOCC2)nc(-c2ccccn2)n1. The summed E-state index contributed by atoms with van der Waals surface area (Å²) in [6.45, 7) is 2.07. The number of halogens is 3. The number of aromatic nitrogens is 3. The van der Waals surface area contributed by atoms with Crippen LogP contribution in [0.3, 0.4) is 0 Å². The van der Waals surface area contributed by atoms with Crippen LogP contribution in [-0.2, 0) is 22.0 Å². The molecule has 0 aliphatic carbocycles. The van der Waals surface area contributed by atoms with Gasteiger partial charge in [0.2, 0.25) is 0 Å². The van der Waals surface area contributed by atoms with E-state index in [1.165, 1.54) is 18.2 Å². The number of benzene rings is 1. The van der Waals surface area contributed by atoms with Gasteiger partial charge in [0.15, 0.2) is 16.9 Å². The Bertz CT molecular complexity index is 1110. The maximum atomic E-state index is 13.2. The van der Waals surface area contributed by atoms with E-state index >= 15 is 0 Å². The molecule has 0 spiro atoms. The van der Waals surface area contributed by atoms with E-state index in [1.54, 1.807) is 24.4 Å². The van der Waals surface area contributed by atoms with Gasteiger partial charge in [-0.05, 0) is 23.8 Å². The Balaban J connectivity index is 1.85. The van der Waals surface area contributed by atoms with Crippen molar-refractivity contribution in [1.82, 2.24) is 15.0 Å². The smallest absolute Gasteiger partial charge is 0.378 e. The number of rotatable bonds is 5. The maximum absolute atomic E-state index is 13.2. The minimum Gasteiger partial charge on any atom is -0.378 e. The zero-order valence-electron chi connectivity index (χ0n) is 16.7. The maximum Gasteiger partial charge on any atom is 0.416 e. The Hall–Kier alpha value is -2.89. The normalized spacial score (nSPS) is 16.6. The van der Waals surface area contributed by atoms with Crippen LogP contribution in [0.1, 0.15) is 22.1 Å². The summed E-state index contributed by atoms with van der Waals surface area (Å²) in [4.78, 5) is 15.2. The Morgan fingerprint density at radius 1 is 1.06 bits per heavy atom. The summed E-state index contributed by atoms with van der Waals surface area (Å²) < 4.78 is 67.5. The van der Waals surface area contributed by atoms with Crippen LogP contribution in [0.15, 0.2) is 54.7 Å². The van der Waals surface area contributed by atoms with Crippen LogP contribution in [0, 0.1) is 0 Å². The quantitative estimate of drug-likeness (QED) is 0.576. The van der Waals surface area contributed by atoms with Gasteiger partial charge in [0.05, 0.1) is 24.5 Å². The van der Waals surface area contributed by atoms with Crippen LogP contribution >= 0.6 is 0 Å². The topological polar surface area (TPSA) is 88.4 Å². The first-order valence-corrected chi connectivity index (χ1v) is 10.9. The first kappa shape index (κ1) is 22.3. The fraction of sp³-hybridized carbons (Fsp3) is 0.286. The highest BCUT2D eigenvalue weighted by Crippen LogP contribution is 2.35. The summed E-state index contributed by atoms with van der Waals surface area (Å²) in [5, 5.41) is -1.30. The van der Waals surface area contributed by atoms with Crippen LogP contribution in [0.2, 0.25) is 0 Å². The molecule has 11 heteroatoms. The summed E-state index contributed by atoms with van der Waals surface area (Å²) in [5.41, 5.74) is -0.310. The lowest BCUT2D eigenvalue weighted by Crippen LogP contribution is -2.37. The molecule has 3 aromatic rings. The number of anilines is 1. The highest BCUT2D eigenvalue weighted by atomic mass is 32.2. The van der Waals surface area contributed by atoms with Crippen LogP contribution in [-0.4, -0.2) is 50.0 Å². The van der Waals surface area contributed by atoms with Crippen molar-refractivity contribution in [3.05, 3.63) is 71.5 Å². The molecule has 168 valence electrons. The van der Waals surface area contributed by atoms with E-state index in [4.69, 9.17) is 4.74 Å². The first-order valence-electron chi connectivity index (χ1n) is 9.73. The molecular weight excluding hydrogens is 445 g/mol. The molecule has 1 aliphatic rings. The van der Waals surface area contributed by atoms with E-state index in [9.17, 15) is 21.9 Å². The minimum absolute atomic E-state index is 0.0271. The number of nitrogens with zero attached hydrogens (tertiary/aromatic N) is 4. The van der Waals surface area contributed by atoms with Crippen LogP contribution in [0.4, 0.5) is 19.0 Å². The van der Waals surface area contributed by atoms with E-state index in [0.29, 0.717) is 37.8 Å². The highest BCUT2D eigenvalue weighted by molar-refractivity contribution is 7.79. The van der Waals surface area contributed by atoms with Gasteiger partial charge in [-0.3, -0.25) is 4.98 Å². The molecule has 2 aromatic heterocycles. The largest absolute Gasteiger partial charge is 0.416 e. The zero-order chi connectivity index (χ0) is 22.7. The number of ether oxygens (including phenoxy) is 1. The van der Waals surface area contributed by atoms with Crippen LogP contribution < -0.4 is 4.90 Å².